The maximum absolute atomic E-state index is 12.0. The highest BCUT2D eigenvalue weighted by atomic mass is 127. The molecular weight excluding hydrogens is 1050 g/mol. The lowest BCUT2D eigenvalue weighted by Gasteiger charge is -2.15. The summed E-state index contributed by atoms with van der Waals surface area (Å²) < 4.78 is 5.15. The zero-order chi connectivity index (χ0) is 42.2. The summed E-state index contributed by atoms with van der Waals surface area (Å²) >= 11 is 27.5. The number of aldehydes is 1. The Labute approximate surface area is 375 Å². The first kappa shape index (κ1) is 47.3. The molecule has 0 radical (unpaired) electrons. The Hall–Kier alpha value is -4.08. The second-order valence-corrected chi connectivity index (χ2v) is 15.0. The number of nitrogens with zero attached hydrogens (tertiary/aromatic N) is 6. The SMILES string of the molecule is CON(C)C(=O)c1cc(-n2cccn2)ccc1Cl.CON(C)C(=O)c1cc(I)ccc1Cl.O=C(O)c1cc(I)ccc1Cl.O=Cc1cc(-n2cccn2)ccc1Cl. The number of rotatable bonds is 8. The van der Waals surface area contributed by atoms with E-state index in [9.17, 15) is 19.2 Å². The van der Waals surface area contributed by atoms with E-state index < -0.39 is 5.97 Å². The molecule has 1 N–H and O–H groups in total. The molecule has 6 rings (SSSR count). The van der Waals surface area contributed by atoms with Gasteiger partial charge < -0.3 is 5.11 Å². The maximum Gasteiger partial charge on any atom is 0.337 e. The Morgan fingerprint density at radius 1 is 0.649 bits per heavy atom. The molecule has 0 bridgehead atoms. The first-order chi connectivity index (χ1) is 27.1. The van der Waals surface area contributed by atoms with Gasteiger partial charge in [-0.25, -0.2) is 24.3 Å². The fraction of sp³-hybridized carbons (Fsp3) is 0.105. The molecule has 0 saturated heterocycles. The van der Waals surface area contributed by atoms with Crippen molar-refractivity contribution in [1.29, 1.82) is 0 Å². The molecule has 2 amide bonds. The fourth-order valence-electron chi connectivity index (χ4n) is 4.25. The number of hydrogen-bond donors (Lipinski definition) is 1. The minimum Gasteiger partial charge on any atom is -0.478 e. The highest BCUT2D eigenvalue weighted by Gasteiger charge is 2.17. The van der Waals surface area contributed by atoms with Crippen molar-refractivity contribution in [3.8, 4) is 11.4 Å². The third-order valence-electron chi connectivity index (χ3n) is 7.26. The number of carbonyl (C=O) groups is 4. The number of benzene rings is 4. The normalized spacial score (nSPS) is 10.1. The Bertz CT molecular complexity index is 2300. The maximum atomic E-state index is 12.0. The second-order valence-electron chi connectivity index (χ2n) is 10.9. The van der Waals surface area contributed by atoms with Crippen LogP contribution in [0.2, 0.25) is 20.1 Å². The van der Waals surface area contributed by atoms with E-state index in [1.54, 1.807) is 102 Å². The molecule has 0 aliphatic rings. The van der Waals surface area contributed by atoms with Gasteiger partial charge in [0.2, 0.25) is 0 Å². The van der Waals surface area contributed by atoms with Gasteiger partial charge in [-0.3, -0.25) is 24.1 Å². The van der Waals surface area contributed by atoms with Crippen LogP contribution in [0.5, 0.6) is 0 Å². The van der Waals surface area contributed by atoms with Crippen LogP contribution >= 0.6 is 91.6 Å². The van der Waals surface area contributed by atoms with Crippen LogP contribution < -0.4 is 0 Å². The van der Waals surface area contributed by atoms with Crippen molar-refractivity contribution in [3.63, 3.8) is 0 Å². The van der Waals surface area contributed by atoms with Gasteiger partial charge >= 0.3 is 5.97 Å². The third kappa shape index (κ3) is 14.1. The van der Waals surface area contributed by atoms with Crippen LogP contribution in [0.25, 0.3) is 11.4 Å². The fourth-order valence-corrected chi connectivity index (χ4v) is 5.99. The standard InChI is InChI=1S/C12H12ClN3O2.C10H7ClN2O.C9H9ClINO2.C7H4ClIO2/c1-15(18-2)12(17)10-8-9(4-5-11(10)13)16-7-3-6-14-16;11-10-3-2-9(6-8(10)7-14)13-5-1-4-12-13;1-12(14-2)9(13)7-5-6(11)3-4-8(7)10;8-6-2-1-4(9)3-5(6)7(10)11/h3-8H,1-2H3;1-7H;3-5H,1-2H3;1-3H,(H,10,11). The van der Waals surface area contributed by atoms with Crippen LogP contribution in [0.1, 0.15) is 41.4 Å². The Morgan fingerprint density at radius 2 is 1.05 bits per heavy atom. The molecule has 6 aromatic rings. The van der Waals surface area contributed by atoms with Gasteiger partial charge in [-0.1, -0.05) is 46.4 Å². The highest BCUT2D eigenvalue weighted by Crippen LogP contribution is 2.23. The molecule has 19 heteroatoms. The van der Waals surface area contributed by atoms with E-state index in [1.807, 2.05) is 40.8 Å². The average Bonchev–Trinajstić information content (AvgIpc) is 3.96. The molecule has 4 aromatic carbocycles. The number of aromatic carboxylic acids is 1. The number of hydrogen-bond acceptors (Lipinski definition) is 8. The van der Waals surface area contributed by atoms with Gasteiger partial charge in [0.05, 0.1) is 62.4 Å². The lowest BCUT2D eigenvalue weighted by molar-refractivity contribution is -0.0757. The van der Waals surface area contributed by atoms with Gasteiger partial charge in [-0.05, 0) is 130 Å². The van der Waals surface area contributed by atoms with Crippen molar-refractivity contribution in [3.05, 3.63) is 159 Å². The van der Waals surface area contributed by atoms with Gasteiger partial charge in [-0.2, -0.15) is 10.2 Å². The lowest BCUT2D eigenvalue weighted by Crippen LogP contribution is -2.25. The highest BCUT2D eigenvalue weighted by molar-refractivity contribution is 14.1. The summed E-state index contributed by atoms with van der Waals surface area (Å²) in [6, 6.07) is 24.1. The Morgan fingerprint density at radius 3 is 1.46 bits per heavy atom. The Balaban J connectivity index is 0.000000207. The molecule has 2 aromatic heterocycles. The van der Waals surface area contributed by atoms with E-state index >= 15 is 0 Å². The summed E-state index contributed by atoms with van der Waals surface area (Å²) in [5.41, 5.74) is 3.02. The summed E-state index contributed by atoms with van der Waals surface area (Å²) in [6.07, 6.45) is 7.66. The first-order valence-corrected chi connectivity index (χ1v) is 19.6. The van der Waals surface area contributed by atoms with Crippen molar-refractivity contribution < 1.29 is 34.0 Å². The molecule has 2 heterocycles. The van der Waals surface area contributed by atoms with E-state index in [1.165, 1.54) is 27.3 Å². The largest absolute Gasteiger partial charge is 0.478 e. The number of carboxylic acids is 1. The molecule has 0 spiro atoms. The molecule has 57 heavy (non-hydrogen) atoms. The summed E-state index contributed by atoms with van der Waals surface area (Å²) in [5.74, 6) is -1.55. The molecular formula is C38H32Cl4I2N6O7. The number of carbonyl (C=O) groups excluding carboxylic acids is 3. The lowest BCUT2D eigenvalue weighted by atomic mass is 10.2. The molecule has 0 unspecified atom stereocenters. The number of aromatic nitrogens is 4. The monoisotopic (exact) mass is 1080 g/mol. The average molecular weight is 1080 g/mol. The van der Waals surface area contributed by atoms with Gasteiger partial charge in [0.15, 0.2) is 6.29 Å². The van der Waals surface area contributed by atoms with Crippen LogP contribution in [0.4, 0.5) is 0 Å². The zero-order valence-corrected chi connectivity index (χ0v) is 37.7. The first-order valence-electron chi connectivity index (χ1n) is 15.9. The van der Waals surface area contributed by atoms with Crippen molar-refractivity contribution in [2.24, 2.45) is 0 Å². The smallest absolute Gasteiger partial charge is 0.337 e. The van der Waals surface area contributed by atoms with Crippen LogP contribution in [-0.4, -0.2) is 87.2 Å². The predicted molar refractivity (Wildman–Crippen MR) is 236 cm³/mol. The van der Waals surface area contributed by atoms with E-state index in [4.69, 9.17) is 61.2 Å². The van der Waals surface area contributed by atoms with Gasteiger partial charge in [-0.15, -0.1) is 0 Å². The second kappa shape index (κ2) is 23.4. The van der Waals surface area contributed by atoms with Crippen molar-refractivity contribution in [2.45, 2.75) is 0 Å². The van der Waals surface area contributed by atoms with Crippen molar-refractivity contribution in [1.82, 2.24) is 29.7 Å². The van der Waals surface area contributed by atoms with Crippen LogP contribution in [0, 0.1) is 7.14 Å². The van der Waals surface area contributed by atoms with Crippen molar-refractivity contribution >= 4 is 116 Å². The number of carboxylic acid groups (broad SMARTS) is 1. The topological polar surface area (TPSA) is 149 Å². The van der Waals surface area contributed by atoms with Crippen LogP contribution in [0.15, 0.2) is 110 Å². The number of halogens is 6. The van der Waals surface area contributed by atoms with Gasteiger partial charge in [0.1, 0.15) is 0 Å². The summed E-state index contributed by atoms with van der Waals surface area (Å²) in [5, 5.41) is 20.5. The molecule has 0 fully saturated rings. The van der Waals surface area contributed by atoms with Gasteiger partial charge in [0, 0.05) is 51.6 Å². The molecule has 0 aliphatic heterocycles. The minimum absolute atomic E-state index is 0.151. The van der Waals surface area contributed by atoms with Crippen molar-refractivity contribution in [2.75, 3.05) is 28.3 Å². The summed E-state index contributed by atoms with van der Waals surface area (Å²) in [7, 11) is 5.92. The van der Waals surface area contributed by atoms with Crippen LogP contribution in [-0.2, 0) is 9.68 Å². The van der Waals surface area contributed by atoms with E-state index in [-0.39, 0.29) is 22.4 Å². The van der Waals surface area contributed by atoms with E-state index in [0.29, 0.717) is 31.8 Å². The quantitative estimate of drug-likeness (QED) is 0.0894. The third-order valence-corrected chi connectivity index (χ3v) is 9.94. The van der Waals surface area contributed by atoms with Gasteiger partial charge in [0.25, 0.3) is 11.8 Å². The summed E-state index contributed by atoms with van der Waals surface area (Å²) in [6.45, 7) is 0. The molecule has 0 saturated carbocycles. The molecule has 13 nitrogen and oxygen atoms in total. The molecule has 298 valence electrons. The molecule has 0 atom stereocenters. The van der Waals surface area contributed by atoms with Crippen LogP contribution in [0.3, 0.4) is 0 Å². The number of hydroxylamine groups is 4. The van der Waals surface area contributed by atoms with E-state index in [2.05, 4.69) is 32.8 Å². The zero-order valence-electron chi connectivity index (χ0n) is 30.3. The van der Waals surface area contributed by atoms with E-state index in [0.717, 1.165) is 34.9 Å². The summed E-state index contributed by atoms with van der Waals surface area (Å²) in [4.78, 5) is 54.4. The minimum atomic E-state index is -0.992. The predicted octanol–water partition coefficient (Wildman–Crippen LogP) is 9.72. The Kier molecular flexibility index (Phi) is 19.4. The number of amides is 2. The molecule has 0 aliphatic carbocycles.